The second kappa shape index (κ2) is 7.53. The molecule has 148 valence electrons. The Kier molecular flexibility index (Phi) is 4.93. The third-order valence-electron chi connectivity index (χ3n) is 5.42. The van der Waals surface area contributed by atoms with Crippen LogP contribution in [-0.2, 0) is 9.59 Å². The van der Waals surface area contributed by atoms with E-state index in [4.69, 9.17) is 9.47 Å². The number of benzene rings is 1. The van der Waals surface area contributed by atoms with E-state index in [9.17, 15) is 14.4 Å². The molecule has 2 fully saturated rings. The molecule has 1 saturated heterocycles. The maximum Gasteiger partial charge on any atom is 0.331 e. The number of anilines is 1. The average Bonchev–Trinajstić information content (AvgIpc) is 3.15. The fraction of sp³-hybridized carbons (Fsp3) is 0.450. The smallest absolute Gasteiger partial charge is 0.331 e. The first-order chi connectivity index (χ1) is 13.6. The highest BCUT2D eigenvalue weighted by molar-refractivity contribution is 6.18. The van der Waals surface area contributed by atoms with Crippen molar-refractivity contribution in [1.82, 2.24) is 10.2 Å². The Hall–Kier alpha value is -3.03. The standard InChI is InChI=1S/C20H23N3O5/c1-2-14(21-12-8-9-15-16(10-12)28-11-27-15)17-18(24)22-20(26)23(19(17)25)13-6-4-3-5-7-13/h2,8-10,13,17,21H,3-7,11H2,1H3,(H,22,24,26)/b14-2+/t17-/m1/s1. The number of nitrogens with one attached hydrogen (secondary N) is 2. The van der Waals surface area contributed by atoms with Crippen LogP contribution in [0.15, 0.2) is 30.0 Å². The number of imide groups is 2. The van der Waals surface area contributed by atoms with Gasteiger partial charge < -0.3 is 14.8 Å². The highest BCUT2D eigenvalue weighted by Crippen LogP contribution is 2.35. The number of nitrogens with zero attached hydrogens (tertiary/aromatic N) is 1. The van der Waals surface area contributed by atoms with Crippen LogP contribution in [0.4, 0.5) is 10.5 Å². The molecule has 1 aliphatic carbocycles. The number of fused-ring (bicyclic) bond motifs is 1. The van der Waals surface area contributed by atoms with Crippen LogP contribution < -0.4 is 20.1 Å². The van der Waals surface area contributed by atoms with Crippen molar-refractivity contribution in [2.45, 2.75) is 45.1 Å². The van der Waals surface area contributed by atoms with Crippen molar-refractivity contribution in [3.05, 3.63) is 30.0 Å². The van der Waals surface area contributed by atoms with Gasteiger partial charge in [0.05, 0.1) is 0 Å². The Morgan fingerprint density at radius 2 is 1.89 bits per heavy atom. The number of amides is 4. The number of carbonyl (C=O) groups is 3. The minimum absolute atomic E-state index is 0.152. The molecule has 8 heteroatoms. The van der Waals surface area contributed by atoms with Crippen LogP contribution in [0.2, 0.25) is 0 Å². The first-order valence-corrected chi connectivity index (χ1v) is 9.59. The maximum atomic E-state index is 13.1. The maximum absolute atomic E-state index is 13.1. The third-order valence-corrected chi connectivity index (χ3v) is 5.42. The van der Waals surface area contributed by atoms with Crippen molar-refractivity contribution < 1.29 is 23.9 Å². The number of urea groups is 1. The Labute approximate surface area is 162 Å². The number of hydrogen-bond acceptors (Lipinski definition) is 6. The first kappa shape index (κ1) is 18.3. The van der Waals surface area contributed by atoms with Crippen molar-refractivity contribution in [3.8, 4) is 11.5 Å². The average molecular weight is 385 g/mol. The first-order valence-electron chi connectivity index (χ1n) is 9.59. The molecule has 1 saturated carbocycles. The molecule has 3 aliphatic rings. The van der Waals surface area contributed by atoms with Gasteiger partial charge in [0.15, 0.2) is 17.4 Å². The zero-order valence-electron chi connectivity index (χ0n) is 15.7. The largest absolute Gasteiger partial charge is 0.454 e. The fourth-order valence-electron chi connectivity index (χ4n) is 4.00. The Balaban J connectivity index is 1.56. The van der Waals surface area contributed by atoms with E-state index in [0.717, 1.165) is 32.1 Å². The highest BCUT2D eigenvalue weighted by Gasteiger charge is 2.45. The molecule has 8 nitrogen and oxygen atoms in total. The van der Waals surface area contributed by atoms with Crippen molar-refractivity contribution in [3.63, 3.8) is 0 Å². The number of allylic oxidation sites excluding steroid dienone is 1. The van der Waals surface area contributed by atoms with E-state index < -0.39 is 23.8 Å². The Bertz CT molecular complexity index is 844. The molecule has 4 amide bonds. The van der Waals surface area contributed by atoms with E-state index in [2.05, 4.69) is 10.6 Å². The molecule has 0 aromatic heterocycles. The number of carbonyl (C=O) groups excluding carboxylic acids is 3. The third kappa shape index (κ3) is 3.30. The molecule has 2 aliphatic heterocycles. The van der Waals surface area contributed by atoms with Crippen LogP contribution in [-0.4, -0.2) is 35.6 Å². The summed E-state index contributed by atoms with van der Waals surface area (Å²) >= 11 is 0. The number of ether oxygens (including phenoxy) is 2. The summed E-state index contributed by atoms with van der Waals surface area (Å²) in [6.07, 6.45) is 6.30. The van der Waals surface area contributed by atoms with Crippen molar-refractivity contribution in [2.24, 2.45) is 5.92 Å². The summed E-state index contributed by atoms with van der Waals surface area (Å²) in [5.74, 6) is -0.924. The number of hydrogen-bond donors (Lipinski definition) is 2. The van der Waals surface area contributed by atoms with Crippen LogP contribution >= 0.6 is 0 Å². The quantitative estimate of drug-likeness (QED) is 0.774. The molecule has 2 N–H and O–H groups in total. The lowest BCUT2D eigenvalue weighted by Gasteiger charge is -2.38. The van der Waals surface area contributed by atoms with Gasteiger partial charge in [0.1, 0.15) is 0 Å². The van der Waals surface area contributed by atoms with Crippen LogP contribution in [0.5, 0.6) is 11.5 Å². The van der Waals surface area contributed by atoms with Gasteiger partial charge >= 0.3 is 6.03 Å². The van der Waals surface area contributed by atoms with Crippen LogP contribution in [0, 0.1) is 5.92 Å². The van der Waals surface area contributed by atoms with E-state index in [1.54, 1.807) is 31.2 Å². The van der Waals surface area contributed by atoms with E-state index in [-0.39, 0.29) is 12.8 Å². The highest BCUT2D eigenvalue weighted by atomic mass is 16.7. The lowest BCUT2D eigenvalue weighted by atomic mass is 9.91. The van der Waals surface area contributed by atoms with E-state index in [0.29, 0.717) is 22.9 Å². The summed E-state index contributed by atoms with van der Waals surface area (Å²) in [7, 11) is 0. The Morgan fingerprint density at radius 1 is 1.14 bits per heavy atom. The number of rotatable bonds is 4. The van der Waals surface area contributed by atoms with Gasteiger partial charge in [0.2, 0.25) is 18.6 Å². The molecule has 28 heavy (non-hydrogen) atoms. The molecule has 1 aromatic carbocycles. The fourth-order valence-corrected chi connectivity index (χ4v) is 4.00. The molecule has 2 heterocycles. The summed E-state index contributed by atoms with van der Waals surface area (Å²) in [6.45, 7) is 1.91. The second-order valence-electron chi connectivity index (χ2n) is 7.16. The lowest BCUT2D eigenvalue weighted by Crippen LogP contribution is -2.61. The topological polar surface area (TPSA) is 97.0 Å². The molecule has 1 atom stereocenters. The van der Waals surface area contributed by atoms with Gasteiger partial charge in [-0.3, -0.25) is 19.8 Å². The second-order valence-corrected chi connectivity index (χ2v) is 7.16. The minimum Gasteiger partial charge on any atom is -0.454 e. The molecule has 4 rings (SSSR count). The van der Waals surface area contributed by atoms with Gasteiger partial charge in [-0.1, -0.05) is 25.3 Å². The lowest BCUT2D eigenvalue weighted by molar-refractivity contribution is -0.142. The van der Waals surface area contributed by atoms with E-state index in [1.165, 1.54) is 4.90 Å². The molecule has 0 radical (unpaired) electrons. The van der Waals surface area contributed by atoms with Crippen LogP contribution in [0.25, 0.3) is 0 Å². The molecular formula is C20H23N3O5. The molecule has 0 bridgehead atoms. The molecular weight excluding hydrogens is 362 g/mol. The van der Waals surface area contributed by atoms with Gasteiger partial charge in [0, 0.05) is 23.5 Å². The minimum atomic E-state index is -1.09. The zero-order valence-corrected chi connectivity index (χ0v) is 15.7. The Morgan fingerprint density at radius 3 is 2.64 bits per heavy atom. The summed E-state index contributed by atoms with van der Waals surface area (Å²) in [6, 6.07) is 4.53. The predicted molar refractivity (Wildman–Crippen MR) is 101 cm³/mol. The van der Waals surface area contributed by atoms with Crippen molar-refractivity contribution in [2.75, 3.05) is 12.1 Å². The zero-order chi connectivity index (χ0) is 19.7. The van der Waals surface area contributed by atoms with Gasteiger partial charge in [0.25, 0.3) is 0 Å². The van der Waals surface area contributed by atoms with Crippen molar-refractivity contribution >= 4 is 23.5 Å². The predicted octanol–water partition coefficient (Wildman–Crippen LogP) is 2.76. The van der Waals surface area contributed by atoms with Crippen LogP contribution in [0.3, 0.4) is 0 Å². The van der Waals surface area contributed by atoms with E-state index >= 15 is 0 Å². The van der Waals surface area contributed by atoms with E-state index in [1.807, 2.05) is 0 Å². The van der Waals surface area contributed by atoms with Gasteiger partial charge in [-0.2, -0.15) is 0 Å². The summed E-state index contributed by atoms with van der Waals surface area (Å²) in [5.41, 5.74) is 1.09. The SMILES string of the molecule is C/C=C(/Nc1ccc2c(c1)OCO2)[C@@H]1C(=O)NC(=O)N(C2CCCCC2)C1=O. The van der Waals surface area contributed by atoms with Gasteiger partial charge in [-0.05, 0) is 31.9 Å². The number of barbiturate groups is 1. The summed E-state index contributed by atoms with van der Waals surface area (Å²) < 4.78 is 10.7. The molecule has 1 aromatic rings. The molecule has 0 unspecified atom stereocenters. The summed E-state index contributed by atoms with van der Waals surface area (Å²) in [5, 5.41) is 5.48. The van der Waals surface area contributed by atoms with Crippen molar-refractivity contribution in [1.29, 1.82) is 0 Å². The normalized spacial score (nSPS) is 23.0. The monoisotopic (exact) mass is 385 g/mol. The summed E-state index contributed by atoms with van der Waals surface area (Å²) in [4.78, 5) is 39.3. The van der Waals surface area contributed by atoms with Gasteiger partial charge in [-0.15, -0.1) is 0 Å². The van der Waals surface area contributed by atoms with Crippen LogP contribution in [0.1, 0.15) is 39.0 Å². The van der Waals surface area contributed by atoms with Gasteiger partial charge in [-0.25, -0.2) is 4.79 Å². The molecule has 0 spiro atoms.